The third-order valence-corrected chi connectivity index (χ3v) is 3.29. The molecule has 1 N–H and O–H groups in total. The normalized spacial score (nSPS) is 12.4. The SMILES string of the molecule is CC(C)(CNCC(F)F)c1cccs1. The van der Waals surface area contributed by atoms with Crippen LogP contribution in [0.3, 0.4) is 0 Å². The topological polar surface area (TPSA) is 12.0 Å². The highest BCUT2D eigenvalue weighted by atomic mass is 32.1. The lowest BCUT2D eigenvalue weighted by atomic mass is 9.91. The van der Waals surface area contributed by atoms with Crippen molar-refractivity contribution in [3.8, 4) is 0 Å². The number of hydrogen-bond donors (Lipinski definition) is 1. The maximum atomic E-state index is 11.9. The minimum atomic E-state index is -2.27. The summed E-state index contributed by atoms with van der Waals surface area (Å²) in [6.07, 6.45) is -2.27. The molecule has 0 aliphatic carbocycles. The first-order chi connectivity index (χ1) is 6.52. The van der Waals surface area contributed by atoms with E-state index in [0.717, 1.165) is 0 Å². The molecule has 0 amide bonds. The van der Waals surface area contributed by atoms with E-state index in [1.165, 1.54) is 4.88 Å². The molecule has 0 unspecified atom stereocenters. The second-order valence-corrected chi connectivity index (χ2v) is 4.83. The maximum Gasteiger partial charge on any atom is 0.250 e. The van der Waals surface area contributed by atoms with Gasteiger partial charge in [-0.3, -0.25) is 0 Å². The Morgan fingerprint density at radius 2 is 2.21 bits per heavy atom. The molecule has 0 aromatic carbocycles. The highest BCUT2D eigenvalue weighted by Gasteiger charge is 2.21. The van der Waals surface area contributed by atoms with E-state index < -0.39 is 6.43 Å². The quantitative estimate of drug-likeness (QED) is 0.803. The second-order valence-electron chi connectivity index (χ2n) is 3.88. The van der Waals surface area contributed by atoms with Gasteiger partial charge >= 0.3 is 0 Å². The Hall–Kier alpha value is -0.480. The van der Waals surface area contributed by atoms with E-state index in [-0.39, 0.29) is 12.0 Å². The van der Waals surface area contributed by atoms with Crippen molar-refractivity contribution in [2.45, 2.75) is 25.7 Å². The standard InChI is InChI=1S/C10H15F2NS/c1-10(2,7-13-6-9(11)12)8-4-3-5-14-8/h3-5,9,13H,6-7H2,1-2H3. The molecule has 1 aromatic rings. The zero-order chi connectivity index (χ0) is 10.6. The van der Waals surface area contributed by atoms with Gasteiger partial charge in [0.05, 0.1) is 6.54 Å². The van der Waals surface area contributed by atoms with E-state index in [9.17, 15) is 8.78 Å². The number of hydrogen-bond acceptors (Lipinski definition) is 2. The molecule has 0 saturated heterocycles. The average molecular weight is 219 g/mol. The van der Waals surface area contributed by atoms with E-state index in [0.29, 0.717) is 6.54 Å². The van der Waals surface area contributed by atoms with E-state index in [4.69, 9.17) is 0 Å². The predicted octanol–water partition coefficient (Wildman–Crippen LogP) is 2.88. The molecular formula is C10H15F2NS. The lowest BCUT2D eigenvalue weighted by molar-refractivity contribution is 0.144. The largest absolute Gasteiger partial charge is 0.311 e. The van der Waals surface area contributed by atoms with Crippen molar-refractivity contribution in [1.82, 2.24) is 5.32 Å². The van der Waals surface area contributed by atoms with E-state index in [2.05, 4.69) is 19.2 Å². The summed E-state index contributed by atoms with van der Waals surface area (Å²) in [5.74, 6) is 0. The molecule has 1 nitrogen and oxygen atoms in total. The summed E-state index contributed by atoms with van der Waals surface area (Å²) in [5.41, 5.74) is -0.0664. The van der Waals surface area contributed by atoms with Crippen LogP contribution in [0.5, 0.6) is 0 Å². The van der Waals surface area contributed by atoms with Gasteiger partial charge in [0.25, 0.3) is 6.43 Å². The van der Waals surface area contributed by atoms with E-state index in [1.54, 1.807) is 11.3 Å². The Morgan fingerprint density at radius 1 is 1.50 bits per heavy atom. The summed E-state index contributed by atoms with van der Waals surface area (Å²) in [5, 5.41) is 4.77. The van der Waals surface area contributed by atoms with Gasteiger partial charge in [0, 0.05) is 16.8 Å². The minimum Gasteiger partial charge on any atom is -0.311 e. The molecule has 0 fully saturated rings. The van der Waals surface area contributed by atoms with Gasteiger partial charge in [-0.05, 0) is 11.4 Å². The Morgan fingerprint density at radius 3 is 2.71 bits per heavy atom. The first-order valence-corrected chi connectivity index (χ1v) is 5.43. The monoisotopic (exact) mass is 219 g/mol. The number of halogens is 2. The fraction of sp³-hybridized carbons (Fsp3) is 0.600. The van der Waals surface area contributed by atoms with Crippen molar-refractivity contribution >= 4 is 11.3 Å². The van der Waals surface area contributed by atoms with Gasteiger partial charge in [-0.2, -0.15) is 0 Å². The summed E-state index contributed by atoms with van der Waals surface area (Å²) in [7, 11) is 0. The Bertz CT molecular complexity index is 257. The predicted molar refractivity (Wildman–Crippen MR) is 56.2 cm³/mol. The van der Waals surface area contributed by atoms with Crippen LogP contribution < -0.4 is 5.32 Å². The van der Waals surface area contributed by atoms with Crippen molar-refractivity contribution in [1.29, 1.82) is 0 Å². The van der Waals surface area contributed by atoms with Gasteiger partial charge in [-0.1, -0.05) is 19.9 Å². The molecule has 1 rings (SSSR count). The van der Waals surface area contributed by atoms with Gasteiger partial charge in [-0.25, -0.2) is 8.78 Å². The van der Waals surface area contributed by atoms with Gasteiger partial charge < -0.3 is 5.32 Å². The van der Waals surface area contributed by atoms with Crippen molar-refractivity contribution in [3.05, 3.63) is 22.4 Å². The molecule has 1 aromatic heterocycles. The Kier molecular flexibility index (Phi) is 4.01. The fourth-order valence-corrected chi connectivity index (χ4v) is 2.10. The van der Waals surface area contributed by atoms with Crippen LogP contribution in [0.1, 0.15) is 18.7 Å². The Balaban J connectivity index is 2.42. The molecule has 0 aliphatic rings. The lowest BCUT2D eigenvalue weighted by Gasteiger charge is -2.23. The lowest BCUT2D eigenvalue weighted by Crippen LogP contribution is -2.34. The zero-order valence-electron chi connectivity index (χ0n) is 8.39. The summed E-state index contributed by atoms with van der Waals surface area (Å²) in [6.45, 7) is 4.46. The molecule has 0 bridgehead atoms. The van der Waals surface area contributed by atoms with Crippen LogP contribution in [0.2, 0.25) is 0 Å². The number of rotatable bonds is 5. The first-order valence-electron chi connectivity index (χ1n) is 4.55. The van der Waals surface area contributed by atoms with Gasteiger partial charge in [0.1, 0.15) is 0 Å². The zero-order valence-corrected chi connectivity index (χ0v) is 9.20. The molecule has 0 atom stereocenters. The van der Waals surface area contributed by atoms with Crippen LogP contribution in [0.4, 0.5) is 8.78 Å². The third kappa shape index (κ3) is 3.35. The highest BCUT2D eigenvalue weighted by molar-refractivity contribution is 7.10. The van der Waals surface area contributed by atoms with E-state index >= 15 is 0 Å². The van der Waals surface area contributed by atoms with Crippen molar-refractivity contribution in [2.75, 3.05) is 13.1 Å². The summed E-state index contributed by atoms with van der Waals surface area (Å²) >= 11 is 1.66. The fourth-order valence-electron chi connectivity index (χ4n) is 1.24. The third-order valence-electron chi connectivity index (χ3n) is 2.05. The summed E-state index contributed by atoms with van der Waals surface area (Å²) in [4.78, 5) is 1.22. The first kappa shape index (κ1) is 11.6. The molecule has 4 heteroatoms. The average Bonchev–Trinajstić information content (AvgIpc) is 2.54. The molecule has 0 radical (unpaired) electrons. The van der Waals surface area contributed by atoms with Crippen molar-refractivity contribution in [3.63, 3.8) is 0 Å². The van der Waals surface area contributed by atoms with Crippen LogP contribution in [-0.2, 0) is 5.41 Å². The smallest absolute Gasteiger partial charge is 0.250 e. The second kappa shape index (κ2) is 4.84. The van der Waals surface area contributed by atoms with E-state index in [1.807, 2.05) is 17.5 Å². The van der Waals surface area contributed by atoms with Gasteiger partial charge in [0.2, 0.25) is 0 Å². The minimum absolute atomic E-state index is 0.0664. The van der Waals surface area contributed by atoms with Crippen LogP contribution >= 0.6 is 11.3 Å². The van der Waals surface area contributed by atoms with Crippen molar-refractivity contribution < 1.29 is 8.78 Å². The van der Waals surface area contributed by atoms with Crippen LogP contribution in [0.15, 0.2) is 17.5 Å². The summed E-state index contributed by atoms with van der Waals surface area (Å²) < 4.78 is 23.8. The van der Waals surface area contributed by atoms with Crippen molar-refractivity contribution in [2.24, 2.45) is 0 Å². The molecule has 0 spiro atoms. The van der Waals surface area contributed by atoms with Gasteiger partial charge in [-0.15, -0.1) is 11.3 Å². The number of nitrogens with one attached hydrogen (secondary N) is 1. The number of alkyl halides is 2. The van der Waals surface area contributed by atoms with Gasteiger partial charge in [0.15, 0.2) is 0 Å². The molecule has 0 saturated carbocycles. The van der Waals surface area contributed by atoms with Crippen LogP contribution in [-0.4, -0.2) is 19.5 Å². The molecule has 0 aliphatic heterocycles. The van der Waals surface area contributed by atoms with Crippen LogP contribution in [0.25, 0.3) is 0 Å². The molecule has 1 heterocycles. The molecular weight excluding hydrogens is 204 g/mol. The number of thiophene rings is 1. The highest BCUT2D eigenvalue weighted by Crippen LogP contribution is 2.26. The molecule has 80 valence electrons. The maximum absolute atomic E-state index is 11.9. The summed E-state index contributed by atoms with van der Waals surface area (Å²) in [6, 6.07) is 4.02. The van der Waals surface area contributed by atoms with Crippen LogP contribution in [0, 0.1) is 0 Å². The molecule has 14 heavy (non-hydrogen) atoms. The Labute approximate surface area is 87.1 Å².